The van der Waals surface area contributed by atoms with Gasteiger partial charge < -0.3 is 15.4 Å². The summed E-state index contributed by atoms with van der Waals surface area (Å²) in [6.07, 6.45) is 1.51. The van der Waals surface area contributed by atoms with Crippen molar-refractivity contribution in [2.24, 2.45) is 7.05 Å². The number of thioether (sulfide) groups is 1. The predicted molar refractivity (Wildman–Crippen MR) is 122 cm³/mol. The molecule has 3 aromatic rings. The zero-order chi connectivity index (χ0) is 25.3. The van der Waals surface area contributed by atoms with Crippen LogP contribution in [0.1, 0.15) is 11.1 Å². The number of ether oxygens (including phenoxy) is 1. The Kier molecular flexibility index (Phi) is 6.69. The first-order valence-corrected chi connectivity index (χ1v) is 11.1. The highest BCUT2D eigenvalue weighted by molar-refractivity contribution is 8.01. The lowest BCUT2D eigenvalue weighted by Crippen LogP contribution is -2.48. The Labute approximate surface area is 200 Å². The maximum absolute atomic E-state index is 13.6. The van der Waals surface area contributed by atoms with E-state index in [1.54, 1.807) is 12.1 Å². The van der Waals surface area contributed by atoms with E-state index in [4.69, 9.17) is 4.74 Å². The van der Waals surface area contributed by atoms with Crippen LogP contribution in [0.15, 0.2) is 51.0 Å². The minimum Gasteiger partial charge on any atom is -0.481 e. The molecule has 13 heteroatoms. The van der Waals surface area contributed by atoms with E-state index in [1.165, 1.54) is 26.4 Å². The van der Waals surface area contributed by atoms with E-state index in [1.807, 2.05) is 0 Å². The van der Waals surface area contributed by atoms with E-state index in [0.717, 1.165) is 21.3 Å². The summed E-state index contributed by atoms with van der Waals surface area (Å²) in [7, 11) is 2.80. The van der Waals surface area contributed by atoms with Gasteiger partial charge in [-0.15, -0.1) is 0 Å². The maximum Gasteiger partial charge on any atom is 0.332 e. The number of anilines is 1. The third kappa shape index (κ3) is 4.80. The number of methoxy groups -OCH3 is 1. The number of fused-ring (bicyclic) bond motifs is 1. The van der Waals surface area contributed by atoms with E-state index < -0.39 is 39.9 Å². The van der Waals surface area contributed by atoms with Crippen LogP contribution < -0.4 is 26.6 Å². The van der Waals surface area contributed by atoms with E-state index in [-0.39, 0.29) is 29.4 Å². The lowest BCUT2D eigenvalue weighted by atomic mass is 10.2. The van der Waals surface area contributed by atoms with Crippen LogP contribution in [-0.4, -0.2) is 38.3 Å². The van der Waals surface area contributed by atoms with E-state index in [9.17, 15) is 28.0 Å². The number of carbonyl (C=O) groups excluding carboxylic acids is 2. The Morgan fingerprint density at radius 2 is 1.94 bits per heavy atom. The first kappa shape index (κ1) is 24.1. The zero-order valence-corrected chi connectivity index (χ0v) is 19.3. The number of halogens is 2. The number of hydrogen-bond donors (Lipinski definition) is 2. The predicted octanol–water partition coefficient (Wildman–Crippen LogP) is 1.01. The monoisotopic (exact) mass is 503 g/mol. The van der Waals surface area contributed by atoms with Gasteiger partial charge in [0, 0.05) is 25.9 Å². The van der Waals surface area contributed by atoms with Crippen molar-refractivity contribution < 1.29 is 23.1 Å². The average molecular weight is 503 g/mol. The number of nitrogens with zero attached hydrogens (tertiary/aromatic N) is 3. The van der Waals surface area contributed by atoms with Gasteiger partial charge in [-0.25, -0.2) is 18.6 Å². The molecule has 1 aliphatic heterocycles. The molecule has 0 aliphatic carbocycles. The standard InChI is InChI=1S/C22H19F2N5O5S/c1-28-18-16(21(32)29(22(28)33)10-12-3-4-13(23)14(24)7-12)35-17(20(31)27-18)19(30)26-9-11-5-6-25-15(8-11)34-2/h3-8,17H,9-10H2,1-2H3,(H,26,30)(H,27,31). The number of benzene rings is 1. The van der Waals surface area contributed by atoms with Crippen molar-refractivity contribution in [2.75, 3.05) is 12.4 Å². The highest BCUT2D eigenvalue weighted by Crippen LogP contribution is 2.32. The van der Waals surface area contributed by atoms with Gasteiger partial charge in [0.25, 0.3) is 5.56 Å². The molecule has 10 nitrogen and oxygen atoms in total. The van der Waals surface area contributed by atoms with Gasteiger partial charge in [-0.2, -0.15) is 0 Å². The molecule has 0 bridgehead atoms. The van der Waals surface area contributed by atoms with Crippen molar-refractivity contribution in [1.29, 1.82) is 0 Å². The minimum absolute atomic E-state index is 0.0278. The number of aromatic nitrogens is 3. The van der Waals surface area contributed by atoms with Crippen LogP contribution in [0.2, 0.25) is 0 Å². The molecule has 2 amide bonds. The molecule has 4 rings (SSSR count). The highest BCUT2D eigenvalue weighted by atomic mass is 32.2. The molecule has 0 spiro atoms. The molecular weight excluding hydrogens is 484 g/mol. The lowest BCUT2D eigenvalue weighted by Gasteiger charge is -2.25. The minimum atomic E-state index is -1.30. The molecule has 1 atom stereocenters. The van der Waals surface area contributed by atoms with E-state index in [2.05, 4.69) is 15.6 Å². The summed E-state index contributed by atoms with van der Waals surface area (Å²) >= 11 is 0.708. The van der Waals surface area contributed by atoms with Gasteiger partial charge in [-0.3, -0.25) is 23.5 Å². The van der Waals surface area contributed by atoms with Crippen LogP contribution in [0, 0.1) is 11.6 Å². The summed E-state index contributed by atoms with van der Waals surface area (Å²) in [5.41, 5.74) is -0.665. The third-order valence-electron chi connectivity index (χ3n) is 5.26. The second kappa shape index (κ2) is 9.70. The van der Waals surface area contributed by atoms with Gasteiger partial charge in [0.05, 0.1) is 13.7 Å². The van der Waals surface area contributed by atoms with Crippen LogP contribution in [0.4, 0.5) is 14.6 Å². The molecule has 35 heavy (non-hydrogen) atoms. The van der Waals surface area contributed by atoms with Crippen molar-refractivity contribution in [3.05, 3.63) is 80.1 Å². The van der Waals surface area contributed by atoms with Crippen LogP contribution in [0.5, 0.6) is 5.88 Å². The molecule has 2 aromatic heterocycles. The summed E-state index contributed by atoms with van der Waals surface area (Å²) in [6.45, 7) is -0.242. The molecule has 0 radical (unpaired) electrons. The molecular formula is C22H19F2N5O5S. The quantitative estimate of drug-likeness (QED) is 0.481. The van der Waals surface area contributed by atoms with Gasteiger partial charge in [-0.1, -0.05) is 17.8 Å². The fraction of sp³-hybridized carbons (Fsp3) is 0.227. The van der Waals surface area contributed by atoms with Crippen molar-refractivity contribution in [1.82, 2.24) is 19.4 Å². The maximum atomic E-state index is 13.6. The molecule has 0 saturated carbocycles. The van der Waals surface area contributed by atoms with Crippen molar-refractivity contribution >= 4 is 29.4 Å². The summed E-state index contributed by atoms with van der Waals surface area (Å²) in [5, 5.41) is 3.79. The smallest absolute Gasteiger partial charge is 0.332 e. The molecule has 1 aliphatic rings. The van der Waals surface area contributed by atoms with Crippen LogP contribution in [0.3, 0.4) is 0 Å². The fourth-order valence-corrected chi connectivity index (χ4v) is 4.53. The second-order valence-electron chi connectivity index (χ2n) is 7.57. The Hall–Kier alpha value is -4.00. The number of rotatable bonds is 6. The Morgan fingerprint density at radius 3 is 2.66 bits per heavy atom. The van der Waals surface area contributed by atoms with Gasteiger partial charge >= 0.3 is 5.69 Å². The summed E-state index contributed by atoms with van der Waals surface area (Å²) in [4.78, 5) is 55.2. The lowest BCUT2D eigenvalue weighted by molar-refractivity contribution is -0.126. The first-order valence-electron chi connectivity index (χ1n) is 10.2. The van der Waals surface area contributed by atoms with Crippen molar-refractivity contribution in [3.63, 3.8) is 0 Å². The van der Waals surface area contributed by atoms with Crippen molar-refractivity contribution in [3.8, 4) is 5.88 Å². The SMILES string of the molecule is COc1cc(CNC(=O)C2Sc3c(n(C)c(=O)n(Cc4ccc(F)c(F)c4)c3=O)NC2=O)ccn1. The number of amides is 2. The number of carbonyl (C=O) groups is 2. The van der Waals surface area contributed by atoms with Crippen LogP contribution in [-0.2, 0) is 29.7 Å². The Morgan fingerprint density at radius 1 is 1.17 bits per heavy atom. The van der Waals surface area contributed by atoms with Gasteiger partial charge in [0.15, 0.2) is 16.9 Å². The molecule has 0 saturated heterocycles. The molecule has 0 fully saturated rings. The molecule has 3 heterocycles. The van der Waals surface area contributed by atoms with Gasteiger partial charge in [0.2, 0.25) is 17.7 Å². The molecule has 1 aromatic carbocycles. The normalized spacial score (nSPS) is 14.7. The molecule has 1 unspecified atom stereocenters. The first-order chi connectivity index (χ1) is 16.7. The molecule has 2 N–H and O–H groups in total. The summed E-state index contributed by atoms with van der Waals surface area (Å²) < 4.78 is 33.8. The second-order valence-corrected chi connectivity index (χ2v) is 8.69. The average Bonchev–Trinajstić information content (AvgIpc) is 2.85. The summed E-state index contributed by atoms with van der Waals surface area (Å²) in [5.74, 6) is -3.20. The number of nitrogens with one attached hydrogen (secondary N) is 2. The zero-order valence-electron chi connectivity index (χ0n) is 18.5. The van der Waals surface area contributed by atoms with Gasteiger partial charge in [0.1, 0.15) is 10.7 Å². The molecule has 182 valence electrons. The topological polar surface area (TPSA) is 124 Å². The fourth-order valence-electron chi connectivity index (χ4n) is 3.43. The third-order valence-corrected chi connectivity index (χ3v) is 6.53. The Balaban J connectivity index is 1.60. The van der Waals surface area contributed by atoms with Gasteiger partial charge in [-0.05, 0) is 29.3 Å². The number of hydrogen-bond acceptors (Lipinski definition) is 7. The van der Waals surface area contributed by atoms with Crippen LogP contribution >= 0.6 is 11.8 Å². The highest BCUT2D eigenvalue weighted by Gasteiger charge is 2.36. The van der Waals surface area contributed by atoms with E-state index in [0.29, 0.717) is 23.2 Å². The van der Waals surface area contributed by atoms with E-state index >= 15 is 0 Å². The Bertz CT molecular complexity index is 1460. The largest absolute Gasteiger partial charge is 0.481 e. The van der Waals surface area contributed by atoms with Crippen molar-refractivity contribution in [2.45, 2.75) is 23.2 Å². The number of pyridine rings is 1. The van der Waals surface area contributed by atoms with Crippen LogP contribution in [0.25, 0.3) is 0 Å². The summed E-state index contributed by atoms with van der Waals surface area (Å²) in [6, 6.07) is 6.32.